The predicted octanol–water partition coefficient (Wildman–Crippen LogP) is 8.26. The maximum Gasteiger partial charge on any atom is 0.143 e. The zero-order valence-corrected chi connectivity index (χ0v) is 20.0. The van der Waals surface area contributed by atoms with Gasteiger partial charge in [-0.05, 0) is 59.2 Å². The molecule has 0 unspecified atom stereocenters. The Morgan fingerprint density at radius 3 is 1.92 bits per heavy atom. The Morgan fingerprint density at radius 2 is 1.22 bits per heavy atom. The van der Waals surface area contributed by atoms with Crippen molar-refractivity contribution in [1.82, 2.24) is 0 Å². The monoisotopic (exact) mass is 472 g/mol. The number of rotatable bonds is 5. The summed E-state index contributed by atoms with van der Waals surface area (Å²) in [7, 11) is 3.28. The fraction of sp³-hybridized carbons (Fsp3) is 0.0625. The van der Waals surface area contributed by atoms with Crippen molar-refractivity contribution in [2.45, 2.75) is 0 Å². The van der Waals surface area contributed by atoms with Gasteiger partial charge in [0.2, 0.25) is 0 Å². The van der Waals surface area contributed by atoms with E-state index in [1.807, 2.05) is 60.7 Å². The molecule has 2 aliphatic rings. The van der Waals surface area contributed by atoms with E-state index in [1.54, 1.807) is 26.4 Å². The molecule has 4 nitrogen and oxygen atoms in total. The number of hydrogen-bond acceptors (Lipinski definition) is 4. The largest absolute Gasteiger partial charge is 0.507 e. The van der Waals surface area contributed by atoms with Gasteiger partial charge in [-0.3, -0.25) is 0 Å². The number of hydrogen-bond donors (Lipinski definition) is 1. The number of fused-ring (bicyclic) bond motifs is 3. The summed E-state index contributed by atoms with van der Waals surface area (Å²) in [6.07, 6.45) is 0. The molecule has 4 aromatic carbocycles. The van der Waals surface area contributed by atoms with Crippen LogP contribution in [-0.4, -0.2) is 19.3 Å². The van der Waals surface area contributed by atoms with Gasteiger partial charge in [0.05, 0.1) is 14.2 Å². The van der Waals surface area contributed by atoms with Crippen molar-refractivity contribution in [3.05, 3.63) is 103 Å². The van der Waals surface area contributed by atoms with Crippen molar-refractivity contribution in [2.24, 2.45) is 0 Å². The first kappa shape index (κ1) is 21.8. The summed E-state index contributed by atoms with van der Waals surface area (Å²) in [4.78, 5) is 0. The van der Waals surface area contributed by atoms with Gasteiger partial charge in [0.25, 0.3) is 0 Å². The van der Waals surface area contributed by atoms with Crippen LogP contribution in [0.3, 0.4) is 0 Å². The molecule has 0 aromatic heterocycles. The summed E-state index contributed by atoms with van der Waals surface area (Å²) in [5.41, 5.74) is 7.34. The van der Waals surface area contributed by atoms with Crippen LogP contribution in [-0.2, 0) is 0 Å². The van der Waals surface area contributed by atoms with E-state index in [2.05, 4.69) is 30.3 Å². The standard InChI is InChI=1S/C32H24O4/c1-34-22-13-15-28(33)25(17-22)26-19-24(20-9-5-3-6-10-20)31-30(26)27-18-23(35-2)14-16-29(27)36-32(31)21-11-7-4-8-12-21/h3-19,33H,1-2H3. The Balaban J connectivity index is 1.80. The first-order valence-corrected chi connectivity index (χ1v) is 11.7. The van der Waals surface area contributed by atoms with Crippen LogP contribution in [0.1, 0.15) is 0 Å². The lowest BCUT2D eigenvalue weighted by molar-refractivity contribution is 0.412. The second-order valence-electron chi connectivity index (χ2n) is 8.63. The molecular formula is C32H24O4. The molecule has 36 heavy (non-hydrogen) atoms. The van der Waals surface area contributed by atoms with Crippen LogP contribution in [0.25, 0.3) is 55.7 Å². The van der Waals surface area contributed by atoms with Crippen LogP contribution in [0, 0.1) is 0 Å². The maximum absolute atomic E-state index is 11.0. The van der Waals surface area contributed by atoms with Crippen molar-refractivity contribution in [2.75, 3.05) is 14.2 Å². The Kier molecular flexibility index (Phi) is 5.34. The molecular weight excluding hydrogens is 448 g/mol. The Morgan fingerprint density at radius 1 is 0.583 bits per heavy atom. The van der Waals surface area contributed by atoms with E-state index in [-0.39, 0.29) is 5.75 Å². The van der Waals surface area contributed by atoms with Crippen molar-refractivity contribution in [1.29, 1.82) is 0 Å². The summed E-state index contributed by atoms with van der Waals surface area (Å²) in [5, 5.41) is 11.9. The summed E-state index contributed by atoms with van der Waals surface area (Å²) >= 11 is 0. The third kappa shape index (κ3) is 3.55. The smallest absolute Gasteiger partial charge is 0.143 e. The first-order chi connectivity index (χ1) is 17.7. The van der Waals surface area contributed by atoms with Gasteiger partial charge in [-0.25, -0.2) is 0 Å². The highest BCUT2D eigenvalue weighted by molar-refractivity contribution is 6.13. The normalized spacial score (nSPS) is 11.2. The highest BCUT2D eigenvalue weighted by Crippen LogP contribution is 2.53. The second kappa shape index (κ2) is 8.82. The molecule has 4 heteroatoms. The van der Waals surface area contributed by atoms with Crippen LogP contribution in [0.15, 0.2) is 108 Å². The molecule has 0 bridgehead atoms. The minimum absolute atomic E-state index is 0.181. The Bertz CT molecular complexity index is 1650. The average Bonchev–Trinajstić information content (AvgIpc) is 3.34. The van der Waals surface area contributed by atoms with Crippen molar-refractivity contribution >= 4 is 11.0 Å². The predicted molar refractivity (Wildman–Crippen MR) is 144 cm³/mol. The molecule has 6 rings (SSSR count). The zero-order chi connectivity index (χ0) is 24.6. The average molecular weight is 473 g/mol. The first-order valence-electron chi connectivity index (χ1n) is 11.7. The third-order valence-electron chi connectivity index (χ3n) is 6.59. The van der Waals surface area contributed by atoms with Gasteiger partial charge in [0.15, 0.2) is 0 Å². The van der Waals surface area contributed by atoms with E-state index in [0.717, 1.165) is 55.9 Å². The summed E-state index contributed by atoms with van der Waals surface area (Å²) in [6, 6.07) is 33.6. The minimum Gasteiger partial charge on any atom is -0.507 e. The maximum atomic E-state index is 11.0. The molecule has 1 N–H and O–H groups in total. The van der Waals surface area contributed by atoms with Crippen LogP contribution in [0.4, 0.5) is 0 Å². The fourth-order valence-electron chi connectivity index (χ4n) is 4.86. The molecule has 0 saturated heterocycles. The van der Waals surface area contributed by atoms with Crippen LogP contribution < -0.4 is 9.47 Å². The number of phenols is 1. The molecule has 0 radical (unpaired) electrons. The third-order valence-corrected chi connectivity index (χ3v) is 6.59. The molecule has 1 aliphatic heterocycles. The van der Waals surface area contributed by atoms with Crippen LogP contribution in [0.5, 0.6) is 17.2 Å². The lowest BCUT2D eigenvalue weighted by Gasteiger charge is -2.16. The topological polar surface area (TPSA) is 51.8 Å². The summed E-state index contributed by atoms with van der Waals surface area (Å²) in [5.74, 6) is 2.36. The highest BCUT2D eigenvalue weighted by atomic mass is 16.5. The molecule has 176 valence electrons. The van der Waals surface area contributed by atoms with Gasteiger partial charge in [-0.15, -0.1) is 0 Å². The molecule has 0 spiro atoms. The molecule has 4 aromatic rings. The number of phenolic OH excluding ortho intramolecular Hbond substituents is 1. The number of methoxy groups -OCH3 is 2. The summed E-state index contributed by atoms with van der Waals surface area (Å²) in [6.45, 7) is 0. The quantitative estimate of drug-likeness (QED) is 0.274. The van der Waals surface area contributed by atoms with E-state index in [0.29, 0.717) is 11.3 Å². The SMILES string of the molecule is COc1ccc(O)c(-c2cc(-c3ccccc3)c3c(-c4ccccc4)oc4ccc(OC)cc4c2-3)c1. The van der Waals surface area contributed by atoms with Gasteiger partial charge >= 0.3 is 0 Å². The van der Waals surface area contributed by atoms with Crippen molar-refractivity contribution in [3.63, 3.8) is 0 Å². The fourth-order valence-corrected chi connectivity index (χ4v) is 4.86. The van der Waals surface area contributed by atoms with Crippen molar-refractivity contribution < 1.29 is 19.0 Å². The van der Waals surface area contributed by atoms with Crippen LogP contribution in [0.2, 0.25) is 0 Å². The molecule has 0 saturated carbocycles. The van der Waals surface area contributed by atoms with Gasteiger partial charge in [-0.2, -0.15) is 0 Å². The number of ether oxygens (including phenoxy) is 2. The number of aromatic hydroxyl groups is 1. The van der Waals surface area contributed by atoms with E-state index < -0.39 is 0 Å². The van der Waals surface area contributed by atoms with Gasteiger partial charge in [0, 0.05) is 27.6 Å². The van der Waals surface area contributed by atoms with Gasteiger partial charge in [-0.1, -0.05) is 60.7 Å². The lowest BCUT2D eigenvalue weighted by atomic mass is 9.92. The molecule has 0 amide bonds. The van der Waals surface area contributed by atoms with E-state index in [1.165, 1.54) is 0 Å². The highest BCUT2D eigenvalue weighted by Gasteiger charge is 2.28. The molecule has 0 atom stereocenters. The van der Waals surface area contributed by atoms with E-state index >= 15 is 0 Å². The molecule has 1 aliphatic carbocycles. The Hall–Kier alpha value is -4.70. The van der Waals surface area contributed by atoms with E-state index in [9.17, 15) is 5.11 Å². The summed E-state index contributed by atoms with van der Waals surface area (Å²) < 4.78 is 17.7. The molecule has 0 fully saturated rings. The Labute approximate surface area is 209 Å². The minimum atomic E-state index is 0.181. The van der Waals surface area contributed by atoms with Gasteiger partial charge < -0.3 is 19.0 Å². The number of benzene rings is 4. The van der Waals surface area contributed by atoms with Gasteiger partial charge in [0.1, 0.15) is 28.6 Å². The van der Waals surface area contributed by atoms with Crippen molar-refractivity contribution in [3.8, 4) is 62.0 Å². The zero-order valence-electron chi connectivity index (χ0n) is 20.0. The lowest BCUT2D eigenvalue weighted by Crippen LogP contribution is -1.92. The van der Waals surface area contributed by atoms with Crippen LogP contribution >= 0.6 is 0 Å². The van der Waals surface area contributed by atoms with E-state index in [4.69, 9.17) is 13.9 Å². The second-order valence-corrected chi connectivity index (χ2v) is 8.63. The molecule has 1 heterocycles.